The van der Waals surface area contributed by atoms with Gasteiger partial charge in [-0.25, -0.2) is 4.39 Å². The molecule has 1 N–H and O–H groups in total. The third-order valence-corrected chi connectivity index (χ3v) is 7.22. The Morgan fingerprint density at radius 3 is 2.45 bits per heavy atom. The van der Waals surface area contributed by atoms with E-state index in [1.165, 1.54) is 18.2 Å². The van der Waals surface area contributed by atoms with Gasteiger partial charge in [0.05, 0.1) is 10.9 Å². The van der Waals surface area contributed by atoms with Gasteiger partial charge in [0.25, 0.3) is 0 Å². The fourth-order valence-corrected chi connectivity index (χ4v) is 5.16. The van der Waals surface area contributed by atoms with Crippen molar-refractivity contribution in [2.75, 3.05) is 18.6 Å². The van der Waals surface area contributed by atoms with Gasteiger partial charge in [0, 0.05) is 45.0 Å². The lowest BCUT2D eigenvalue weighted by atomic mass is 10.1. The Morgan fingerprint density at radius 2 is 1.94 bits per heavy atom. The first-order chi connectivity index (χ1) is 15.6. The molecular weight excluding hydrogens is 455 g/mol. The first kappa shape index (κ1) is 24.9. The molecule has 0 unspecified atom stereocenters. The Labute approximate surface area is 192 Å². The minimum absolute atomic E-state index is 0.0373. The molecule has 0 amide bonds. The Morgan fingerprint density at radius 1 is 1.24 bits per heavy atom. The van der Waals surface area contributed by atoms with Crippen LogP contribution in [0.25, 0.3) is 22.2 Å². The van der Waals surface area contributed by atoms with Gasteiger partial charge in [-0.05, 0) is 52.1 Å². The third-order valence-electron chi connectivity index (χ3n) is 5.30. The SMILES string of the molecule is CC(C)n1nc(-c2cccc(OC(F)F)c2)c2c(F)cc(C=O)cc21.CNC1(C)CS(=O)C1. The predicted octanol–water partition coefficient (Wildman–Crippen LogP) is 4.56. The number of halogens is 3. The second kappa shape index (κ2) is 10.0. The standard InChI is InChI=1S/C18H15F3N2O2.C5H11NOS/c1-10(2)23-15-7-11(9-24)6-14(19)16(15)17(22-23)12-4-3-5-13(8-12)25-18(20)21;1-5(6-2)3-8(7)4-5/h3-10,18H,1-2H3;6H,3-4H2,1-2H3. The number of nitrogens with one attached hydrogen (secondary N) is 1. The van der Waals surface area contributed by atoms with Gasteiger partial charge >= 0.3 is 6.61 Å². The second-order valence-corrected chi connectivity index (χ2v) is 9.80. The van der Waals surface area contributed by atoms with Gasteiger partial charge in [-0.1, -0.05) is 12.1 Å². The number of nitrogens with zero attached hydrogens (tertiary/aromatic N) is 2. The molecule has 10 heteroatoms. The largest absolute Gasteiger partial charge is 0.435 e. The highest BCUT2D eigenvalue weighted by Crippen LogP contribution is 2.34. The summed E-state index contributed by atoms with van der Waals surface area (Å²) in [6, 6.07) is 8.54. The van der Waals surface area contributed by atoms with E-state index in [0.29, 0.717) is 23.1 Å². The van der Waals surface area contributed by atoms with Gasteiger partial charge in [-0.2, -0.15) is 13.9 Å². The summed E-state index contributed by atoms with van der Waals surface area (Å²) in [6.07, 6.45) is 0.566. The van der Waals surface area contributed by atoms with Crippen LogP contribution in [0.4, 0.5) is 13.2 Å². The van der Waals surface area contributed by atoms with Crippen LogP contribution in [-0.4, -0.2) is 51.0 Å². The zero-order chi connectivity index (χ0) is 24.3. The number of carbonyl (C=O) groups is 1. The van der Waals surface area contributed by atoms with Gasteiger partial charge < -0.3 is 10.1 Å². The maximum atomic E-state index is 14.6. The van der Waals surface area contributed by atoms with Gasteiger partial charge in [0.1, 0.15) is 23.5 Å². The second-order valence-electron chi connectivity index (χ2n) is 8.35. The molecule has 1 aliphatic rings. The van der Waals surface area contributed by atoms with Crippen molar-refractivity contribution in [1.29, 1.82) is 0 Å². The molecule has 1 saturated heterocycles. The molecule has 4 rings (SSSR count). The summed E-state index contributed by atoms with van der Waals surface area (Å²) in [5.41, 5.74) is 1.60. The van der Waals surface area contributed by atoms with Crippen molar-refractivity contribution in [2.24, 2.45) is 0 Å². The number of hydrogen-bond acceptors (Lipinski definition) is 5. The highest BCUT2D eigenvalue weighted by molar-refractivity contribution is 7.86. The number of benzene rings is 2. The average molecular weight is 482 g/mol. The van der Waals surface area contributed by atoms with E-state index >= 15 is 0 Å². The quantitative estimate of drug-likeness (QED) is 0.523. The average Bonchev–Trinajstić information content (AvgIpc) is 3.13. The van der Waals surface area contributed by atoms with Crippen molar-refractivity contribution < 1.29 is 26.9 Å². The molecule has 0 saturated carbocycles. The van der Waals surface area contributed by atoms with Crippen LogP contribution in [0.1, 0.15) is 37.2 Å². The number of rotatable bonds is 6. The Hall–Kier alpha value is -2.72. The van der Waals surface area contributed by atoms with E-state index in [4.69, 9.17) is 0 Å². The van der Waals surface area contributed by atoms with Gasteiger partial charge in [0.15, 0.2) is 0 Å². The van der Waals surface area contributed by atoms with Crippen LogP contribution >= 0.6 is 0 Å². The Bertz CT molecular complexity index is 1170. The van der Waals surface area contributed by atoms with E-state index in [1.54, 1.807) is 16.8 Å². The molecule has 1 aliphatic heterocycles. The number of hydrogen-bond donors (Lipinski definition) is 1. The van der Waals surface area contributed by atoms with E-state index in [2.05, 4.69) is 22.1 Å². The lowest BCUT2D eigenvalue weighted by Gasteiger charge is -2.36. The van der Waals surface area contributed by atoms with Gasteiger partial charge in [-0.3, -0.25) is 13.7 Å². The van der Waals surface area contributed by atoms with Crippen LogP contribution in [0.5, 0.6) is 5.75 Å². The summed E-state index contributed by atoms with van der Waals surface area (Å²) in [6.45, 7) is 2.89. The highest BCUT2D eigenvalue weighted by atomic mass is 32.2. The van der Waals surface area contributed by atoms with Crippen LogP contribution in [0.3, 0.4) is 0 Å². The summed E-state index contributed by atoms with van der Waals surface area (Å²) in [7, 11) is 1.39. The zero-order valence-corrected chi connectivity index (χ0v) is 19.6. The van der Waals surface area contributed by atoms with E-state index < -0.39 is 23.2 Å². The predicted molar refractivity (Wildman–Crippen MR) is 123 cm³/mol. The van der Waals surface area contributed by atoms with Gasteiger partial charge in [0.2, 0.25) is 0 Å². The van der Waals surface area contributed by atoms with Crippen molar-refractivity contribution in [2.45, 2.75) is 39.0 Å². The van der Waals surface area contributed by atoms with E-state index in [1.807, 2.05) is 20.9 Å². The molecule has 1 fully saturated rings. The summed E-state index contributed by atoms with van der Waals surface area (Å²) in [5.74, 6) is 1.01. The number of ether oxygens (including phenoxy) is 1. The molecule has 0 aliphatic carbocycles. The summed E-state index contributed by atoms with van der Waals surface area (Å²) < 4.78 is 56.0. The number of aromatic nitrogens is 2. The molecule has 3 aromatic rings. The van der Waals surface area contributed by atoms with Gasteiger partial charge in [-0.15, -0.1) is 0 Å². The lowest BCUT2D eigenvalue weighted by Crippen LogP contribution is -2.58. The molecule has 33 heavy (non-hydrogen) atoms. The van der Waals surface area contributed by atoms with Crippen molar-refractivity contribution in [1.82, 2.24) is 15.1 Å². The molecule has 2 heterocycles. The van der Waals surface area contributed by atoms with Crippen LogP contribution in [0.15, 0.2) is 36.4 Å². The van der Waals surface area contributed by atoms with E-state index in [9.17, 15) is 22.2 Å². The molecular formula is C23H26F3N3O3S. The lowest BCUT2D eigenvalue weighted by molar-refractivity contribution is -0.0498. The van der Waals surface area contributed by atoms with E-state index in [0.717, 1.165) is 17.6 Å². The van der Waals surface area contributed by atoms with Crippen LogP contribution in [0, 0.1) is 5.82 Å². The van der Waals surface area contributed by atoms with Crippen LogP contribution in [0.2, 0.25) is 0 Å². The number of alkyl halides is 2. The number of carbonyl (C=O) groups excluding carboxylic acids is 1. The topological polar surface area (TPSA) is 73.2 Å². The molecule has 2 aromatic carbocycles. The minimum Gasteiger partial charge on any atom is -0.435 e. The number of fused-ring (bicyclic) bond motifs is 1. The normalized spacial score (nSPS) is 19.8. The first-order valence-electron chi connectivity index (χ1n) is 10.3. The molecule has 0 atom stereocenters. The Balaban J connectivity index is 0.000000323. The maximum Gasteiger partial charge on any atom is 0.387 e. The summed E-state index contributed by atoms with van der Waals surface area (Å²) in [4.78, 5) is 11.0. The number of aldehydes is 1. The maximum absolute atomic E-state index is 14.6. The molecule has 6 nitrogen and oxygen atoms in total. The molecule has 0 radical (unpaired) electrons. The molecule has 1 aromatic heterocycles. The minimum atomic E-state index is -2.95. The van der Waals surface area contributed by atoms with Crippen LogP contribution in [-0.2, 0) is 10.8 Å². The molecule has 0 bridgehead atoms. The Kier molecular flexibility index (Phi) is 7.58. The van der Waals surface area contributed by atoms with Crippen LogP contribution < -0.4 is 10.1 Å². The first-order valence-corrected chi connectivity index (χ1v) is 11.8. The zero-order valence-electron chi connectivity index (χ0n) is 18.8. The molecule has 0 spiro atoms. The van der Waals surface area contributed by atoms with Crippen molar-refractivity contribution in [3.63, 3.8) is 0 Å². The van der Waals surface area contributed by atoms with E-state index in [-0.39, 0.29) is 28.3 Å². The molecule has 178 valence electrons. The summed E-state index contributed by atoms with van der Waals surface area (Å²) in [5, 5.41) is 7.78. The highest BCUT2D eigenvalue weighted by Gasteiger charge is 2.36. The fourth-order valence-electron chi connectivity index (χ4n) is 3.54. The fraction of sp³-hybridized carbons (Fsp3) is 0.391. The smallest absolute Gasteiger partial charge is 0.387 e. The monoisotopic (exact) mass is 481 g/mol. The summed E-state index contributed by atoms with van der Waals surface area (Å²) >= 11 is 0. The van der Waals surface area contributed by atoms with Crippen molar-refractivity contribution >= 4 is 28.0 Å². The third kappa shape index (κ3) is 5.62. The van der Waals surface area contributed by atoms with Crippen molar-refractivity contribution in [3.8, 4) is 17.0 Å². The van der Waals surface area contributed by atoms with Crippen molar-refractivity contribution in [3.05, 3.63) is 47.8 Å².